The molecule has 110 valence electrons. The van der Waals surface area contributed by atoms with Crippen LogP contribution in [0.3, 0.4) is 0 Å². The van der Waals surface area contributed by atoms with Gasteiger partial charge in [-0.3, -0.25) is 4.79 Å². The Morgan fingerprint density at radius 3 is 3.00 bits per heavy atom. The van der Waals surface area contributed by atoms with Crippen molar-refractivity contribution in [1.29, 1.82) is 0 Å². The van der Waals surface area contributed by atoms with E-state index >= 15 is 0 Å². The first kappa shape index (κ1) is 15.4. The van der Waals surface area contributed by atoms with Crippen LogP contribution in [-0.4, -0.2) is 35.0 Å². The number of hydrogen-bond acceptors (Lipinski definition) is 4. The molecule has 20 heavy (non-hydrogen) atoms. The highest BCUT2D eigenvalue weighted by atomic mass is 35.5. The third-order valence-electron chi connectivity index (χ3n) is 3.47. The molecule has 0 bridgehead atoms. The van der Waals surface area contributed by atoms with E-state index in [-0.39, 0.29) is 11.9 Å². The van der Waals surface area contributed by atoms with E-state index in [0.717, 1.165) is 12.2 Å². The quantitative estimate of drug-likeness (QED) is 0.876. The predicted octanol–water partition coefficient (Wildman–Crippen LogP) is 3.18. The van der Waals surface area contributed by atoms with Crippen LogP contribution in [0.15, 0.2) is 12.1 Å². The molecule has 1 fully saturated rings. The Balaban J connectivity index is 2.08. The van der Waals surface area contributed by atoms with E-state index in [9.17, 15) is 4.79 Å². The summed E-state index contributed by atoms with van der Waals surface area (Å²) in [6.07, 6.45) is 3.37. The number of anilines is 1. The Bertz CT molecular complexity index is 483. The van der Waals surface area contributed by atoms with Gasteiger partial charge in [0.05, 0.1) is 5.02 Å². The highest BCUT2D eigenvalue weighted by Crippen LogP contribution is 2.30. The van der Waals surface area contributed by atoms with Gasteiger partial charge in [-0.1, -0.05) is 24.9 Å². The van der Waals surface area contributed by atoms with Gasteiger partial charge in [-0.15, -0.1) is 0 Å². The number of nitrogens with one attached hydrogen (secondary N) is 2. The molecule has 0 radical (unpaired) electrons. The van der Waals surface area contributed by atoms with Crippen LogP contribution in [-0.2, 0) is 0 Å². The molecule has 2 unspecified atom stereocenters. The van der Waals surface area contributed by atoms with E-state index in [1.165, 1.54) is 12.8 Å². The van der Waals surface area contributed by atoms with E-state index in [0.29, 0.717) is 21.8 Å². The lowest BCUT2D eigenvalue weighted by molar-refractivity contribution is 0.0934. The standard InChI is InChI=1S/C14H20ClN3OS/c1-3-20-11-6-4-5-10(11)17-14(19)13-9(15)7-8-12(16-2)18-13/h7-8,10-11H,3-6H2,1-2H3,(H,16,18)(H,17,19). The Morgan fingerprint density at radius 2 is 2.30 bits per heavy atom. The van der Waals surface area contributed by atoms with Crippen molar-refractivity contribution in [3.8, 4) is 0 Å². The second kappa shape index (κ2) is 7.18. The average molecular weight is 314 g/mol. The summed E-state index contributed by atoms with van der Waals surface area (Å²) in [5, 5.41) is 6.90. The maximum atomic E-state index is 12.3. The summed E-state index contributed by atoms with van der Waals surface area (Å²) < 4.78 is 0. The molecular weight excluding hydrogens is 294 g/mol. The van der Waals surface area contributed by atoms with Gasteiger partial charge >= 0.3 is 0 Å². The molecule has 1 aliphatic carbocycles. The van der Waals surface area contributed by atoms with Crippen molar-refractivity contribution in [1.82, 2.24) is 10.3 Å². The molecule has 1 aliphatic rings. The van der Waals surface area contributed by atoms with Gasteiger partial charge in [-0.25, -0.2) is 4.98 Å². The molecule has 2 atom stereocenters. The normalized spacial score (nSPS) is 21.8. The van der Waals surface area contributed by atoms with E-state index in [1.54, 1.807) is 19.2 Å². The molecule has 1 saturated carbocycles. The molecule has 0 aliphatic heterocycles. The van der Waals surface area contributed by atoms with Crippen molar-refractivity contribution in [2.75, 3.05) is 18.1 Å². The smallest absolute Gasteiger partial charge is 0.271 e. The summed E-state index contributed by atoms with van der Waals surface area (Å²) in [4.78, 5) is 16.6. The maximum Gasteiger partial charge on any atom is 0.271 e. The molecular formula is C14H20ClN3OS. The van der Waals surface area contributed by atoms with Crippen LogP contribution in [0.25, 0.3) is 0 Å². The fraction of sp³-hybridized carbons (Fsp3) is 0.571. The first-order chi connectivity index (χ1) is 9.65. The van der Waals surface area contributed by atoms with Gasteiger partial charge in [-0.2, -0.15) is 11.8 Å². The lowest BCUT2D eigenvalue weighted by Crippen LogP contribution is -2.39. The Kier molecular flexibility index (Phi) is 5.54. The third-order valence-corrected chi connectivity index (χ3v) is 5.10. The van der Waals surface area contributed by atoms with E-state index in [4.69, 9.17) is 11.6 Å². The molecule has 0 aromatic carbocycles. The van der Waals surface area contributed by atoms with Crippen LogP contribution in [0.5, 0.6) is 0 Å². The maximum absolute atomic E-state index is 12.3. The van der Waals surface area contributed by atoms with Crippen molar-refractivity contribution < 1.29 is 4.79 Å². The summed E-state index contributed by atoms with van der Waals surface area (Å²) in [6, 6.07) is 3.68. The van der Waals surface area contributed by atoms with Crippen LogP contribution in [0.4, 0.5) is 5.82 Å². The van der Waals surface area contributed by atoms with Gasteiger partial charge in [0, 0.05) is 18.3 Å². The zero-order valence-corrected chi connectivity index (χ0v) is 13.4. The Hall–Kier alpha value is -0.940. The minimum Gasteiger partial charge on any atom is -0.373 e. The molecule has 1 aromatic rings. The monoisotopic (exact) mass is 313 g/mol. The molecule has 0 spiro atoms. The van der Waals surface area contributed by atoms with E-state index in [1.807, 2.05) is 11.8 Å². The van der Waals surface area contributed by atoms with Crippen LogP contribution < -0.4 is 10.6 Å². The minimum atomic E-state index is -0.180. The molecule has 6 heteroatoms. The Morgan fingerprint density at radius 1 is 1.50 bits per heavy atom. The summed E-state index contributed by atoms with van der Waals surface area (Å²) in [5.41, 5.74) is 0.297. The zero-order chi connectivity index (χ0) is 14.5. The van der Waals surface area contributed by atoms with Gasteiger partial charge in [0.1, 0.15) is 11.5 Å². The third kappa shape index (κ3) is 3.58. The number of rotatable bonds is 5. The zero-order valence-electron chi connectivity index (χ0n) is 11.8. The second-order valence-electron chi connectivity index (χ2n) is 4.78. The molecule has 1 heterocycles. The number of amides is 1. The topological polar surface area (TPSA) is 54.0 Å². The largest absolute Gasteiger partial charge is 0.373 e. The number of halogens is 1. The lowest BCUT2D eigenvalue weighted by Gasteiger charge is -2.20. The first-order valence-electron chi connectivity index (χ1n) is 6.92. The fourth-order valence-electron chi connectivity index (χ4n) is 2.48. The summed E-state index contributed by atoms with van der Waals surface area (Å²) in [7, 11) is 1.77. The molecule has 1 amide bonds. The average Bonchev–Trinajstić information content (AvgIpc) is 2.87. The van der Waals surface area contributed by atoms with Crippen LogP contribution in [0, 0.1) is 0 Å². The van der Waals surface area contributed by atoms with Gasteiger partial charge < -0.3 is 10.6 Å². The van der Waals surface area contributed by atoms with E-state index in [2.05, 4.69) is 22.5 Å². The highest BCUT2D eigenvalue weighted by molar-refractivity contribution is 7.99. The first-order valence-corrected chi connectivity index (χ1v) is 8.35. The number of hydrogen-bond donors (Lipinski definition) is 2. The highest BCUT2D eigenvalue weighted by Gasteiger charge is 2.29. The van der Waals surface area contributed by atoms with Gasteiger partial charge in [0.2, 0.25) is 0 Å². The van der Waals surface area contributed by atoms with Crippen LogP contribution in [0.2, 0.25) is 5.02 Å². The van der Waals surface area contributed by atoms with Crippen molar-refractivity contribution >= 4 is 35.1 Å². The fourth-order valence-corrected chi connectivity index (χ4v) is 3.87. The second-order valence-corrected chi connectivity index (χ2v) is 6.70. The van der Waals surface area contributed by atoms with Crippen molar-refractivity contribution in [3.63, 3.8) is 0 Å². The summed E-state index contributed by atoms with van der Waals surface area (Å²) in [6.45, 7) is 2.15. The lowest BCUT2D eigenvalue weighted by atomic mass is 10.2. The number of pyridine rings is 1. The summed E-state index contributed by atoms with van der Waals surface area (Å²) in [5.74, 6) is 1.54. The van der Waals surface area contributed by atoms with Crippen molar-refractivity contribution in [3.05, 3.63) is 22.8 Å². The van der Waals surface area contributed by atoms with Crippen molar-refractivity contribution in [2.45, 2.75) is 37.5 Å². The number of thioether (sulfide) groups is 1. The molecule has 2 rings (SSSR count). The van der Waals surface area contributed by atoms with Crippen LogP contribution in [0.1, 0.15) is 36.7 Å². The molecule has 4 nitrogen and oxygen atoms in total. The molecule has 2 N–H and O–H groups in total. The Labute approximate surface area is 129 Å². The number of carbonyl (C=O) groups is 1. The van der Waals surface area contributed by atoms with E-state index < -0.39 is 0 Å². The number of aromatic nitrogens is 1. The van der Waals surface area contributed by atoms with Crippen molar-refractivity contribution in [2.24, 2.45) is 0 Å². The SMILES string of the molecule is CCSC1CCCC1NC(=O)c1nc(NC)ccc1Cl. The number of nitrogens with zero attached hydrogens (tertiary/aromatic N) is 1. The van der Waals surface area contributed by atoms with Gasteiger partial charge in [0.25, 0.3) is 5.91 Å². The minimum absolute atomic E-state index is 0.180. The summed E-state index contributed by atoms with van der Waals surface area (Å²) >= 11 is 7.99. The van der Waals surface area contributed by atoms with Crippen LogP contribution >= 0.6 is 23.4 Å². The van der Waals surface area contributed by atoms with Gasteiger partial charge in [-0.05, 0) is 30.7 Å². The molecule has 1 aromatic heterocycles. The van der Waals surface area contributed by atoms with Gasteiger partial charge in [0.15, 0.2) is 0 Å². The molecule has 0 saturated heterocycles. The number of carbonyl (C=O) groups excluding carboxylic acids is 1. The predicted molar refractivity (Wildman–Crippen MR) is 85.8 cm³/mol.